The summed E-state index contributed by atoms with van der Waals surface area (Å²) in [5.74, 6) is 2.42. The van der Waals surface area contributed by atoms with Gasteiger partial charge in [-0.1, -0.05) is 26.7 Å². The Bertz CT molecular complexity index is 889. The zero-order chi connectivity index (χ0) is 19.7. The number of nitrogens with zero attached hydrogens (tertiary/aromatic N) is 1. The molecule has 3 rings (SSSR count). The number of hydrogen-bond acceptors (Lipinski definition) is 5. The molecule has 1 amide bonds. The lowest BCUT2D eigenvalue weighted by molar-refractivity contribution is -0.121. The quantitative estimate of drug-likeness (QED) is 0.780. The third-order valence-corrected chi connectivity index (χ3v) is 8.22. The number of hydrogen-bond donors (Lipinski definition) is 2. The van der Waals surface area contributed by atoms with E-state index in [0.29, 0.717) is 28.8 Å². The topological polar surface area (TPSA) is 74.8 Å². The molecule has 0 saturated heterocycles. The summed E-state index contributed by atoms with van der Waals surface area (Å²) in [6.07, 6.45) is 3.50. The van der Waals surface area contributed by atoms with Gasteiger partial charge in [0.2, 0.25) is 5.91 Å². The van der Waals surface area contributed by atoms with Gasteiger partial charge in [-0.3, -0.25) is 9.59 Å². The average molecular weight is 408 g/mol. The summed E-state index contributed by atoms with van der Waals surface area (Å²) >= 11 is 3.07. The zero-order valence-corrected chi connectivity index (χ0v) is 18.4. The first-order chi connectivity index (χ1) is 12.8. The Balaban J connectivity index is 1.61. The van der Waals surface area contributed by atoms with E-state index >= 15 is 0 Å². The van der Waals surface area contributed by atoms with Gasteiger partial charge in [-0.05, 0) is 44.6 Å². The van der Waals surface area contributed by atoms with Gasteiger partial charge in [0.15, 0.2) is 0 Å². The standard InChI is InChI=1S/C20H29N3O2S2/c1-10-7-6-8-15(11(10)2)21-18(24)14(5)26-9-16-22-19(25)17-12(3)13(4)27-20(17)23-16/h10-11,14-15H,6-9H2,1-5H3,(H,21,24)(H,22,23,25)/t10-,11-,14+,15-/m0/s1. The molecule has 2 heterocycles. The summed E-state index contributed by atoms with van der Waals surface area (Å²) in [5.41, 5.74) is 0.922. The Kier molecular flexibility index (Phi) is 6.31. The van der Waals surface area contributed by atoms with E-state index in [2.05, 4.69) is 29.1 Å². The summed E-state index contributed by atoms with van der Waals surface area (Å²) in [4.78, 5) is 34.3. The van der Waals surface area contributed by atoms with Gasteiger partial charge < -0.3 is 10.3 Å². The number of amides is 1. The molecular formula is C20H29N3O2S2. The number of fused-ring (bicyclic) bond motifs is 1. The molecule has 0 unspecified atom stereocenters. The fraction of sp³-hybridized carbons (Fsp3) is 0.650. The fourth-order valence-corrected chi connectivity index (χ4v) is 5.55. The number of aromatic amines is 1. The molecule has 0 aromatic carbocycles. The summed E-state index contributed by atoms with van der Waals surface area (Å²) in [7, 11) is 0. The Morgan fingerprint density at radius 2 is 2.11 bits per heavy atom. The molecule has 7 heteroatoms. The lowest BCUT2D eigenvalue weighted by Gasteiger charge is -2.35. The van der Waals surface area contributed by atoms with Crippen LogP contribution in [-0.2, 0) is 10.5 Å². The second kappa shape index (κ2) is 8.35. The molecule has 148 valence electrons. The molecule has 5 nitrogen and oxygen atoms in total. The van der Waals surface area contributed by atoms with Gasteiger partial charge in [0, 0.05) is 10.9 Å². The van der Waals surface area contributed by atoms with Gasteiger partial charge in [0.25, 0.3) is 5.56 Å². The molecule has 2 aromatic rings. The molecule has 0 aliphatic heterocycles. The maximum atomic E-state index is 12.6. The molecule has 4 atom stereocenters. The number of thioether (sulfide) groups is 1. The van der Waals surface area contributed by atoms with Crippen LogP contribution in [0.15, 0.2) is 4.79 Å². The first-order valence-electron chi connectivity index (χ1n) is 9.68. The van der Waals surface area contributed by atoms with Crippen LogP contribution in [-0.4, -0.2) is 27.2 Å². The van der Waals surface area contributed by atoms with E-state index in [9.17, 15) is 9.59 Å². The molecule has 0 bridgehead atoms. The smallest absolute Gasteiger partial charge is 0.259 e. The molecule has 1 saturated carbocycles. The van der Waals surface area contributed by atoms with Crippen LogP contribution in [0, 0.1) is 25.7 Å². The lowest BCUT2D eigenvalue weighted by atomic mass is 9.78. The lowest BCUT2D eigenvalue weighted by Crippen LogP contribution is -2.46. The highest BCUT2D eigenvalue weighted by Crippen LogP contribution is 2.30. The summed E-state index contributed by atoms with van der Waals surface area (Å²) < 4.78 is 0. The summed E-state index contributed by atoms with van der Waals surface area (Å²) in [5, 5.41) is 3.75. The second-order valence-corrected chi connectivity index (χ2v) is 10.3. The minimum atomic E-state index is -0.178. The number of rotatable bonds is 5. The van der Waals surface area contributed by atoms with E-state index in [-0.39, 0.29) is 22.8 Å². The number of carbonyl (C=O) groups excluding carboxylic acids is 1. The van der Waals surface area contributed by atoms with Gasteiger partial charge in [-0.25, -0.2) is 4.98 Å². The Labute approximate surface area is 168 Å². The Hall–Kier alpha value is -1.34. The van der Waals surface area contributed by atoms with Crippen LogP contribution < -0.4 is 10.9 Å². The molecule has 2 aromatic heterocycles. The molecule has 0 radical (unpaired) electrons. The zero-order valence-electron chi connectivity index (χ0n) is 16.7. The highest BCUT2D eigenvalue weighted by molar-refractivity contribution is 7.99. The maximum absolute atomic E-state index is 12.6. The van der Waals surface area contributed by atoms with Crippen LogP contribution in [0.2, 0.25) is 0 Å². The number of thiophene rings is 1. The van der Waals surface area contributed by atoms with Gasteiger partial charge in [0.1, 0.15) is 10.7 Å². The van der Waals surface area contributed by atoms with Crippen LogP contribution >= 0.6 is 23.1 Å². The molecule has 1 aliphatic carbocycles. The van der Waals surface area contributed by atoms with Gasteiger partial charge >= 0.3 is 0 Å². The fourth-order valence-electron chi connectivity index (χ4n) is 3.73. The van der Waals surface area contributed by atoms with E-state index < -0.39 is 0 Å². The Morgan fingerprint density at radius 3 is 2.85 bits per heavy atom. The van der Waals surface area contributed by atoms with Crippen molar-refractivity contribution in [3.63, 3.8) is 0 Å². The number of aryl methyl sites for hydroxylation is 2. The maximum Gasteiger partial charge on any atom is 0.259 e. The molecule has 1 aliphatic rings. The van der Waals surface area contributed by atoms with E-state index in [1.807, 2.05) is 20.8 Å². The monoisotopic (exact) mass is 407 g/mol. The highest BCUT2D eigenvalue weighted by atomic mass is 32.2. The van der Waals surface area contributed by atoms with Crippen molar-refractivity contribution in [2.24, 2.45) is 11.8 Å². The van der Waals surface area contributed by atoms with Crippen LogP contribution in [0.3, 0.4) is 0 Å². The Morgan fingerprint density at radius 1 is 1.37 bits per heavy atom. The summed E-state index contributed by atoms with van der Waals surface area (Å²) in [6, 6.07) is 0.274. The van der Waals surface area contributed by atoms with Crippen molar-refractivity contribution in [2.75, 3.05) is 0 Å². The normalized spacial score (nSPS) is 24.1. The van der Waals surface area contributed by atoms with Gasteiger partial charge in [0.05, 0.1) is 16.4 Å². The number of aromatic nitrogens is 2. The molecular weight excluding hydrogens is 378 g/mol. The largest absolute Gasteiger partial charge is 0.352 e. The summed E-state index contributed by atoms with van der Waals surface area (Å²) in [6.45, 7) is 10.4. The minimum absolute atomic E-state index is 0.0807. The average Bonchev–Trinajstić information content (AvgIpc) is 2.91. The SMILES string of the molecule is Cc1sc2nc(CS[C@H](C)C(=O)N[C@H]3CCC[C@H](C)[C@@H]3C)[nH]c(=O)c2c1C. The molecule has 0 spiro atoms. The van der Waals surface area contributed by atoms with Gasteiger partial charge in [-0.15, -0.1) is 23.1 Å². The molecule has 27 heavy (non-hydrogen) atoms. The third-order valence-electron chi connectivity index (χ3n) is 5.96. The van der Waals surface area contributed by atoms with Crippen molar-refractivity contribution in [3.8, 4) is 0 Å². The van der Waals surface area contributed by atoms with Crippen molar-refractivity contribution in [2.45, 2.75) is 70.9 Å². The van der Waals surface area contributed by atoms with Crippen molar-refractivity contribution >= 4 is 39.2 Å². The first-order valence-corrected chi connectivity index (χ1v) is 11.5. The predicted octanol–water partition coefficient (Wildman–Crippen LogP) is 4.16. The second-order valence-electron chi connectivity index (χ2n) is 7.81. The molecule has 2 N–H and O–H groups in total. The van der Waals surface area contributed by atoms with Crippen LogP contribution in [0.1, 0.15) is 56.3 Å². The van der Waals surface area contributed by atoms with Crippen molar-refractivity contribution in [1.29, 1.82) is 0 Å². The van der Waals surface area contributed by atoms with Gasteiger partial charge in [-0.2, -0.15) is 0 Å². The third kappa shape index (κ3) is 4.40. The number of nitrogens with one attached hydrogen (secondary N) is 2. The van der Waals surface area contributed by atoms with E-state index in [1.165, 1.54) is 24.6 Å². The van der Waals surface area contributed by atoms with E-state index in [0.717, 1.165) is 21.7 Å². The molecule has 1 fully saturated rings. The van der Waals surface area contributed by atoms with Crippen molar-refractivity contribution in [1.82, 2.24) is 15.3 Å². The van der Waals surface area contributed by atoms with Crippen LogP contribution in [0.4, 0.5) is 0 Å². The number of H-pyrrole nitrogens is 1. The highest BCUT2D eigenvalue weighted by Gasteiger charge is 2.29. The van der Waals surface area contributed by atoms with Crippen LogP contribution in [0.25, 0.3) is 10.2 Å². The van der Waals surface area contributed by atoms with Crippen molar-refractivity contribution in [3.05, 3.63) is 26.6 Å². The van der Waals surface area contributed by atoms with E-state index in [1.54, 1.807) is 11.3 Å². The predicted molar refractivity (Wildman–Crippen MR) is 115 cm³/mol. The first kappa shape index (κ1) is 20.4. The van der Waals surface area contributed by atoms with Crippen LogP contribution in [0.5, 0.6) is 0 Å². The number of carbonyl (C=O) groups is 1. The van der Waals surface area contributed by atoms with Crippen molar-refractivity contribution < 1.29 is 4.79 Å². The van der Waals surface area contributed by atoms with E-state index in [4.69, 9.17) is 0 Å². The minimum Gasteiger partial charge on any atom is -0.352 e.